The molecule has 38 heavy (non-hydrogen) atoms. The van der Waals surface area contributed by atoms with Crippen LogP contribution in [0.4, 0.5) is 0 Å². The first-order valence-corrected chi connectivity index (χ1v) is 15.7. The molecule has 0 unspecified atom stereocenters. The second kappa shape index (κ2) is 11.1. The predicted octanol–water partition coefficient (Wildman–Crippen LogP) is 8.88. The van der Waals surface area contributed by atoms with Crippen LogP contribution in [-0.2, 0) is 9.47 Å². The van der Waals surface area contributed by atoms with Gasteiger partial charge in [0.2, 0.25) is 0 Å². The van der Waals surface area contributed by atoms with Crippen molar-refractivity contribution in [2.45, 2.75) is 111 Å². The van der Waals surface area contributed by atoms with Crippen LogP contribution in [0, 0.1) is 46.3 Å². The maximum atomic E-state index is 12.8. The SMILES string of the molecule is CO[C@@H]1C=C2C[C@@H](OC(=O)c3ccccc3)CC[C@]2(C)[C@@H]2CC[C@]3(C)[C@H](CC[C@H]3[C@@H](C)CCCC(C)C)[C@H]21. The molecule has 1 aromatic rings. The first-order chi connectivity index (χ1) is 18.2. The van der Waals surface area contributed by atoms with E-state index in [1.54, 1.807) is 0 Å². The maximum Gasteiger partial charge on any atom is 0.338 e. The van der Waals surface area contributed by atoms with Gasteiger partial charge in [0.15, 0.2) is 0 Å². The van der Waals surface area contributed by atoms with Gasteiger partial charge in [-0.25, -0.2) is 4.79 Å². The van der Waals surface area contributed by atoms with E-state index in [9.17, 15) is 4.79 Å². The Morgan fingerprint density at radius 3 is 2.45 bits per heavy atom. The summed E-state index contributed by atoms with van der Waals surface area (Å²) in [6.45, 7) is 12.4. The number of hydrogen-bond acceptors (Lipinski definition) is 3. The lowest BCUT2D eigenvalue weighted by atomic mass is 9.46. The molecule has 0 aliphatic heterocycles. The Hall–Kier alpha value is -1.61. The first kappa shape index (κ1) is 27.9. The van der Waals surface area contributed by atoms with Crippen molar-refractivity contribution in [1.82, 2.24) is 0 Å². The number of rotatable bonds is 8. The molecule has 0 aromatic heterocycles. The van der Waals surface area contributed by atoms with E-state index in [0.717, 1.165) is 42.9 Å². The van der Waals surface area contributed by atoms with Crippen LogP contribution >= 0.6 is 0 Å². The molecule has 5 rings (SSSR count). The van der Waals surface area contributed by atoms with Crippen molar-refractivity contribution in [3.05, 3.63) is 47.5 Å². The lowest BCUT2D eigenvalue weighted by molar-refractivity contribution is -0.106. The zero-order valence-corrected chi connectivity index (χ0v) is 24.9. The fourth-order valence-electron chi connectivity index (χ4n) is 9.73. The van der Waals surface area contributed by atoms with Crippen molar-refractivity contribution < 1.29 is 14.3 Å². The summed E-state index contributed by atoms with van der Waals surface area (Å²) >= 11 is 0. The van der Waals surface area contributed by atoms with Gasteiger partial charge >= 0.3 is 5.97 Å². The second-order valence-electron chi connectivity index (χ2n) is 14.3. The summed E-state index contributed by atoms with van der Waals surface area (Å²) in [4.78, 5) is 12.8. The van der Waals surface area contributed by atoms with Crippen LogP contribution in [0.2, 0.25) is 0 Å². The Labute approximate surface area is 232 Å². The predicted molar refractivity (Wildman–Crippen MR) is 155 cm³/mol. The van der Waals surface area contributed by atoms with Crippen LogP contribution < -0.4 is 0 Å². The molecule has 3 nitrogen and oxygen atoms in total. The highest BCUT2D eigenvalue weighted by atomic mass is 16.5. The third-order valence-electron chi connectivity index (χ3n) is 11.8. The number of benzene rings is 1. The largest absolute Gasteiger partial charge is 0.458 e. The van der Waals surface area contributed by atoms with Gasteiger partial charge in [0.25, 0.3) is 0 Å². The number of carbonyl (C=O) groups is 1. The topological polar surface area (TPSA) is 35.5 Å². The summed E-state index contributed by atoms with van der Waals surface area (Å²) in [6, 6.07) is 9.43. The van der Waals surface area contributed by atoms with Gasteiger partial charge < -0.3 is 9.47 Å². The normalized spacial score (nSPS) is 39.1. The van der Waals surface area contributed by atoms with Crippen molar-refractivity contribution in [2.75, 3.05) is 7.11 Å². The van der Waals surface area contributed by atoms with Crippen LogP contribution in [0.3, 0.4) is 0 Å². The summed E-state index contributed by atoms with van der Waals surface area (Å²) in [5.41, 5.74) is 2.79. The molecule has 0 N–H and O–H groups in total. The fraction of sp³-hybridized carbons (Fsp3) is 0.743. The molecule has 4 aliphatic carbocycles. The number of esters is 1. The van der Waals surface area contributed by atoms with Crippen molar-refractivity contribution in [3.63, 3.8) is 0 Å². The smallest absolute Gasteiger partial charge is 0.338 e. The molecule has 3 saturated carbocycles. The lowest BCUT2D eigenvalue weighted by Crippen LogP contribution is -2.55. The Balaban J connectivity index is 1.32. The maximum absolute atomic E-state index is 12.8. The van der Waals surface area contributed by atoms with Crippen molar-refractivity contribution in [1.29, 1.82) is 0 Å². The lowest BCUT2D eigenvalue weighted by Gasteiger charge is -2.60. The van der Waals surface area contributed by atoms with E-state index >= 15 is 0 Å². The average molecular weight is 521 g/mol. The second-order valence-corrected chi connectivity index (χ2v) is 14.3. The van der Waals surface area contributed by atoms with Crippen molar-refractivity contribution >= 4 is 5.97 Å². The van der Waals surface area contributed by atoms with E-state index in [4.69, 9.17) is 9.47 Å². The Morgan fingerprint density at radius 1 is 0.974 bits per heavy atom. The molecular formula is C35H52O3. The van der Waals surface area contributed by atoms with Gasteiger partial charge in [-0.3, -0.25) is 0 Å². The summed E-state index contributed by atoms with van der Waals surface area (Å²) in [7, 11) is 1.92. The molecule has 4 aliphatic rings. The summed E-state index contributed by atoms with van der Waals surface area (Å²) in [5.74, 6) is 4.34. The van der Waals surface area contributed by atoms with Crippen LogP contribution in [0.15, 0.2) is 42.0 Å². The van der Waals surface area contributed by atoms with Gasteiger partial charge in [-0.2, -0.15) is 0 Å². The van der Waals surface area contributed by atoms with E-state index < -0.39 is 0 Å². The highest BCUT2D eigenvalue weighted by molar-refractivity contribution is 5.89. The molecule has 0 radical (unpaired) electrons. The summed E-state index contributed by atoms with van der Waals surface area (Å²) in [5, 5.41) is 0. The molecule has 0 saturated heterocycles. The molecule has 0 spiro atoms. The molecule has 1 aromatic carbocycles. The van der Waals surface area contributed by atoms with Crippen molar-refractivity contribution in [3.8, 4) is 0 Å². The zero-order chi connectivity index (χ0) is 27.1. The van der Waals surface area contributed by atoms with Crippen LogP contribution in [-0.4, -0.2) is 25.3 Å². The van der Waals surface area contributed by atoms with Crippen LogP contribution in [0.25, 0.3) is 0 Å². The monoisotopic (exact) mass is 520 g/mol. The van der Waals surface area contributed by atoms with Gasteiger partial charge in [-0.15, -0.1) is 0 Å². The molecule has 0 bridgehead atoms. The number of ether oxygens (including phenoxy) is 2. The molecule has 3 heteroatoms. The highest BCUT2D eigenvalue weighted by Crippen LogP contribution is 2.67. The minimum atomic E-state index is -0.190. The summed E-state index contributed by atoms with van der Waals surface area (Å²) < 4.78 is 12.3. The number of fused-ring (bicyclic) bond motifs is 5. The van der Waals surface area contributed by atoms with Crippen LogP contribution in [0.5, 0.6) is 0 Å². The highest BCUT2D eigenvalue weighted by Gasteiger charge is 2.61. The average Bonchev–Trinajstić information content (AvgIpc) is 3.26. The molecule has 210 valence electrons. The van der Waals surface area contributed by atoms with Gasteiger partial charge in [0.1, 0.15) is 6.10 Å². The minimum absolute atomic E-state index is 0.0347. The number of methoxy groups -OCH3 is 1. The molecular weight excluding hydrogens is 468 g/mol. The van der Waals surface area contributed by atoms with Gasteiger partial charge in [0, 0.05) is 13.5 Å². The third-order valence-corrected chi connectivity index (χ3v) is 11.8. The number of carbonyl (C=O) groups excluding carboxylic acids is 1. The standard InChI is InChI=1S/C35H52O3/c1-23(2)11-10-12-24(3)28-15-16-29-32-30(18-20-35(28,29)5)34(4)19-17-27(21-26(34)22-31(32)37-6)38-33(36)25-13-8-7-9-14-25/h7-9,13-14,22-24,27-32H,10-12,15-21H2,1-6H3/t24-,27-,28-,29+,30+,31+,32+,34-,35-/m0/s1. The Bertz CT molecular complexity index is 998. The van der Waals surface area contributed by atoms with Gasteiger partial charge in [-0.1, -0.05) is 83.7 Å². The third kappa shape index (κ3) is 5.02. The molecule has 0 heterocycles. The van der Waals surface area contributed by atoms with Gasteiger partial charge in [-0.05, 0) is 97.0 Å². The Kier molecular flexibility index (Phi) is 8.17. The molecule has 3 fully saturated rings. The zero-order valence-electron chi connectivity index (χ0n) is 24.9. The van der Waals surface area contributed by atoms with E-state index in [2.05, 4.69) is 40.7 Å². The van der Waals surface area contributed by atoms with Crippen molar-refractivity contribution in [2.24, 2.45) is 46.3 Å². The van der Waals surface area contributed by atoms with E-state index in [-0.39, 0.29) is 23.6 Å². The quantitative estimate of drug-likeness (QED) is 0.254. The van der Waals surface area contributed by atoms with E-state index in [0.29, 0.717) is 22.8 Å². The summed E-state index contributed by atoms with van der Waals surface area (Å²) in [6.07, 6.45) is 15.1. The Morgan fingerprint density at radius 2 is 1.74 bits per heavy atom. The van der Waals surface area contributed by atoms with Crippen LogP contribution in [0.1, 0.15) is 109 Å². The fourth-order valence-corrected chi connectivity index (χ4v) is 9.73. The van der Waals surface area contributed by atoms with E-state index in [1.165, 1.54) is 50.5 Å². The van der Waals surface area contributed by atoms with Gasteiger partial charge in [0.05, 0.1) is 11.7 Å². The number of hydrogen-bond donors (Lipinski definition) is 0. The molecule has 9 atom stereocenters. The first-order valence-electron chi connectivity index (χ1n) is 15.7. The van der Waals surface area contributed by atoms with E-state index in [1.807, 2.05) is 37.4 Å². The molecule has 0 amide bonds. The minimum Gasteiger partial charge on any atom is -0.458 e.